The average molecular weight is 330 g/mol. The van der Waals surface area contributed by atoms with Crippen molar-refractivity contribution in [3.8, 4) is 16.9 Å². The van der Waals surface area contributed by atoms with Crippen molar-refractivity contribution in [1.29, 1.82) is 0 Å². The Hall–Kier alpha value is -1.57. The van der Waals surface area contributed by atoms with Crippen molar-refractivity contribution in [2.24, 2.45) is 0 Å². The van der Waals surface area contributed by atoms with Crippen LogP contribution in [0.4, 0.5) is 0 Å². The number of aliphatic hydroxyl groups excluding tert-OH is 1. The fraction of sp³-hybridized carbons (Fsp3) is 0.368. The Labute approximate surface area is 137 Å². The molecule has 0 aromatic heterocycles. The van der Waals surface area contributed by atoms with Gasteiger partial charge in [0, 0.05) is 5.56 Å². The Morgan fingerprint density at radius 1 is 1.09 bits per heavy atom. The van der Waals surface area contributed by atoms with Gasteiger partial charge in [-0.1, -0.05) is 44.5 Å². The van der Waals surface area contributed by atoms with Crippen LogP contribution in [0.25, 0.3) is 11.1 Å². The first-order valence-corrected chi connectivity index (χ1v) is 9.63. The topological polar surface area (TPSA) is 46.5 Å². The molecule has 0 saturated carbocycles. The first kappa shape index (κ1) is 16.3. The zero-order valence-electron chi connectivity index (χ0n) is 14.3. The lowest BCUT2D eigenvalue weighted by Gasteiger charge is -2.31. The van der Waals surface area contributed by atoms with Gasteiger partial charge in [0.05, 0.1) is 5.30 Å². The fourth-order valence-corrected chi connectivity index (χ4v) is 4.79. The molecule has 122 valence electrons. The van der Waals surface area contributed by atoms with Crippen molar-refractivity contribution in [2.75, 3.05) is 6.35 Å². The molecule has 1 aliphatic heterocycles. The Balaban J connectivity index is 2.35. The van der Waals surface area contributed by atoms with E-state index in [-0.39, 0.29) is 5.41 Å². The first-order valence-electron chi connectivity index (χ1n) is 7.82. The second kappa shape index (κ2) is 5.22. The lowest BCUT2D eigenvalue weighted by molar-refractivity contribution is 0.339. The highest BCUT2D eigenvalue weighted by Crippen LogP contribution is 2.55. The molecule has 2 aromatic rings. The highest BCUT2D eigenvalue weighted by molar-refractivity contribution is 7.67. The van der Waals surface area contributed by atoms with Gasteiger partial charge in [-0.25, -0.2) is 0 Å². The van der Waals surface area contributed by atoms with Gasteiger partial charge in [-0.3, -0.25) is 4.57 Å². The van der Waals surface area contributed by atoms with Gasteiger partial charge in [-0.05, 0) is 48.1 Å². The highest BCUT2D eigenvalue weighted by Gasteiger charge is 2.37. The second-order valence-corrected chi connectivity index (χ2v) is 9.64. The van der Waals surface area contributed by atoms with E-state index in [0.29, 0.717) is 11.1 Å². The molecule has 0 amide bonds. The summed E-state index contributed by atoms with van der Waals surface area (Å²) in [4.78, 5) is 0. The third-order valence-electron chi connectivity index (χ3n) is 4.38. The largest absolute Gasteiger partial charge is 0.437 e. The molecule has 0 aliphatic carbocycles. The number of benzene rings is 2. The maximum atomic E-state index is 13.1. The van der Waals surface area contributed by atoms with E-state index in [2.05, 4.69) is 32.9 Å². The van der Waals surface area contributed by atoms with Gasteiger partial charge in [-0.15, -0.1) is 0 Å². The molecule has 1 unspecified atom stereocenters. The minimum Gasteiger partial charge on any atom is -0.437 e. The minimum atomic E-state index is -3.27. The average Bonchev–Trinajstić information content (AvgIpc) is 2.47. The first-order chi connectivity index (χ1) is 10.7. The number of aryl methyl sites for hydroxylation is 2. The third kappa shape index (κ3) is 2.62. The van der Waals surface area contributed by atoms with Gasteiger partial charge in [0.15, 0.2) is 0 Å². The normalized spacial score (nSPS) is 19.7. The van der Waals surface area contributed by atoms with Crippen molar-refractivity contribution in [3.63, 3.8) is 0 Å². The van der Waals surface area contributed by atoms with Gasteiger partial charge in [0.2, 0.25) is 0 Å². The highest BCUT2D eigenvalue weighted by atomic mass is 31.2. The molecule has 1 aliphatic rings. The molecule has 4 heteroatoms. The van der Waals surface area contributed by atoms with Gasteiger partial charge < -0.3 is 9.63 Å². The molecule has 0 radical (unpaired) electrons. The fourth-order valence-electron chi connectivity index (χ4n) is 2.98. The summed E-state index contributed by atoms with van der Waals surface area (Å²) in [6.45, 7) is 10.4. The van der Waals surface area contributed by atoms with Gasteiger partial charge in [0.1, 0.15) is 12.1 Å². The van der Waals surface area contributed by atoms with E-state index in [1.54, 1.807) is 0 Å². The zero-order valence-corrected chi connectivity index (χ0v) is 15.2. The lowest BCUT2D eigenvalue weighted by Crippen LogP contribution is -2.21. The summed E-state index contributed by atoms with van der Waals surface area (Å²) >= 11 is 0. The summed E-state index contributed by atoms with van der Waals surface area (Å²) in [7, 11) is -3.27. The molecule has 0 spiro atoms. The zero-order chi connectivity index (χ0) is 17.0. The van der Waals surface area contributed by atoms with Crippen molar-refractivity contribution >= 4 is 12.7 Å². The van der Waals surface area contributed by atoms with E-state index in [4.69, 9.17) is 4.52 Å². The predicted octanol–water partition coefficient (Wildman–Crippen LogP) is 4.51. The third-order valence-corrected chi connectivity index (χ3v) is 6.33. The van der Waals surface area contributed by atoms with E-state index in [1.165, 1.54) is 5.56 Å². The predicted molar refractivity (Wildman–Crippen MR) is 95.0 cm³/mol. The number of rotatable bonds is 1. The summed E-state index contributed by atoms with van der Waals surface area (Å²) in [5, 5.41) is 10.3. The molecule has 0 fully saturated rings. The Morgan fingerprint density at radius 2 is 1.78 bits per heavy atom. The monoisotopic (exact) mass is 330 g/mol. The molecule has 3 nitrogen and oxygen atoms in total. The van der Waals surface area contributed by atoms with Crippen molar-refractivity contribution < 1.29 is 14.2 Å². The number of aliphatic hydroxyl groups is 1. The summed E-state index contributed by atoms with van der Waals surface area (Å²) in [6, 6.07) is 10.1. The summed E-state index contributed by atoms with van der Waals surface area (Å²) < 4.78 is 19.0. The minimum absolute atomic E-state index is 0.0166. The van der Waals surface area contributed by atoms with E-state index in [9.17, 15) is 9.67 Å². The van der Waals surface area contributed by atoms with Crippen LogP contribution in [0.3, 0.4) is 0 Å². The Morgan fingerprint density at radius 3 is 2.39 bits per heavy atom. The number of hydrogen-bond donors (Lipinski definition) is 1. The molecule has 0 saturated heterocycles. The molecule has 0 bridgehead atoms. The number of hydrogen-bond acceptors (Lipinski definition) is 3. The quantitative estimate of drug-likeness (QED) is 0.782. The van der Waals surface area contributed by atoms with Gasteiger partial charge in [0.25, 0.3) is 0 Å². The van der Waals surface area contributed by atoms with E-state index in [0.717, 1.165) is 22.3 Å². The summed E-state index contributed by atoms with van der Waals surface area (Å²) in [5.41, 5.74) is 5.06. The van der Waals surface area contributed by atoms with Crippen molar-refractivity contribution in [2.45, 2.75) is 40.0 Å². The number of fused-ring (bicyclic) bond motifs is 3. The summed E-state index contributed by atoms with van der Waals surface area (Å²) in [5.74, 6) is 0.631. The van der Waals surface area contributed by atoms with Crippen LogP contribution in [0, 0.1) is 13.8 Å². The maximum Gasteiger partial charge on any atom is 0.302 e. The van der Waals surface area contributed by atoms with Crippen LogP contribution in [0.15, 0.2) is 30.3 Å². The van der Waals surface area contributed by atoms with Crippen LogP contribution in [0.1, 0.15) is 37.5 Å². The van der Waals surface area contributed by atoms with E-state index < -0.39 is 13.7 Å². The Bertz CT molecular complexity index is 831. The molecule has 2 aromatic carbocycles. The van der Waals surface area contributed by atoms with Crippen LogP contribution < -0.4 is 9.83 Å². The molecular formula is C19H23O3P. The second-order valence-electron chi connectivity index (χ2n) is 7.35. The molecular weight excluding hydrogens is 307 g/mol. The van der Waals surface area contributed by atoms with Gasteiger partial charge >= 0.3 is 7.37 Å². The van der Waals surface area contributed by atoms with Crippen LogP contribution in [-0.4, -0.2) is 11.5 Å². The standard InChI is InChI=1S/C19H23O3P/c1-12-6-7-15-16-10-14(19(3,4)5)9-13(2)18(16)22-23(21,11-20)17(15)8-12/h6-10,20H,11H2,1-5H3. The van der Waals surface area contributed by atoms with E-state index in [1.807, 2.05) is 32.0 Å². The van der Waals surface area contributed by atoms with Gasteiger partial charge in [-0.2, -0.15) is 0 Å². The SMILES string of the molecule is Cc1ccc2c(c1)P(=O)(CO)Oc1c(C)cc(C(C)(C)C)cc1-2. The summed E-state index contributed by atoms with van der Waals surface area (Å²) in [6.07, 6.45) is -0.483. The van der Waals surface area contributed by atoms with Crippen molar-refractivity contribution in [1.82, 2.24) is 0 Å². The smallest absolute Gasteiger partial charge is 0.302 e. The Kier molecular flexibility index (Phi) is 3.70. The van der Waals surface area contributed by atoms with E-state index >= 15 is 0 Å². The molecule has 1 atom stereocenters. The van der Waals surface area contributed by atoms with Crippen LogP contribution >= 0.6 is 7.37 Å². The molecule has 23 heavy (non-hydrogen) atoms. The molecule has 1 heterocycles. The maximum absolute atomic E-state index is 13.1. The van der Waals surface area contributed by atoms with Crippen LogP contribution in [0.2, 0.25) is 0 Å². The molecule has 3 rings (SSSR count). The van der Waals surface area contributed by atoms with Crippen molar-refractivity contribution in [3.05, 3.63) is 47.0 Å². The van der Waals surface area contributed by atoms with Crippen LogP contribution in [0.5, 0.6) is 5.75 Å². The lowest BCUT2D eigenvalue weighted by atomic mass is 9.84. The van der Waals surface area contributed by atoms with Crippen LogP contribution in [-0.2, 0) is 9.98 Å². The molecule has 1 N–H and O–H groups in total.